The molecule has 2 heteroatoms. The molecule has 3 N–H and O–H groups in total. The molecule has 0 aliphatic heterocycles. The van der Waals surface area contributed by atoms with Crippen LogP contribution in [0.4, 0.5) is 0 Å². The summed E-state index contributed by atoms with van der Waals surface area (Å²) in [6, 6.07) is 6.65. The molecule has 0 amide bonds. The Balaban J connectivity index is 2.71. The largest absolute Gasteiger partial charge is 0.329 e. The Labute approximate surface area is 98.2 Å². The van der Waals surface area contributed by atoms with Crippen LogP contribution in [0.5, 0.6) is 0 Å². The predicted octanol–water partition coefficient (Wildman–Crippen LogP) is 1.92. The van der Waals surface area contributed by atoms with Crippen molar-refractivity contribution in [1.82, 2.24) is 5.32 Å². The Morgan fingerprint density at radius 1 is 1.38 bits per heavy atom. The summed E-state index contributed by atoms with van der Waals surface area (Å²) < 4.78 is 0. The number of hydrogen-bond acceptors (Lipinski definition) is 2. The Hall–Kier alpha value is -1.30. The summed E-state index contributed by atoms with van der Waals surface area (Å²) in [7, 11) is 0. The van der Waals surface area contributed by atoms with Crippen molar-refractivity contribution in [3.63, 3.8) is 0 Å². The molecule has 1 rings (SSSR count). The zero-order valence-electron chi connectivity index (χ0n) is 10.1. The van der Waals surface area contributed by atoms with Crippen LogP contribution in [0.15, 0.2) is 18.2 Å². The summed E-state index contributed by atoms with van der Waals surface area (Å²) in [5.41, 5.74) is 9.61. The van der Waals surface area contributed by atoms with Crippen molar-refractivity contribution in [3.05, 3.63) is 34.9 Å². The van der Waals surface area contributed by atoms with Crippen LogP contribution in [0, 0.1) is 26.2 Å². The lowest BCUT2D eigenvalue weighted by molar-refractivity contribution is 0.550. The minimum absolute atomic E-state index is 0.202. The summed E-state index contributed by atoms with van der Waals surface area (Å²) in [6.07, 6.45) is 5.96. The van der Waals surface area contributed by atoms with Crippen molar-refractivity contribution < 1.29 is 0 Å². The highest BCUT2D eigenvalue weighted by Crippen LogP contribution is 2.16. The van der Waals surface area contributed by atoms with Crippen LogP contribution in [-0.4, -0.2) is 13.1 Å². The molecular formula is C14H20N2. The maximum atomic E-state index is 5.76. The van der Waals surface area contributed by atoms with Gasteiger partial charge >= 0.3 is 0 Å². The molecule has 0 heterocycles. The minimum Gasteiger partial charge on any atom is -0.329 e. The summed E-state index contributed by atoms with van der Waals surface area (Å²) in [6.45, 7) is 5.63. The first-order valence-corrected chi connectivity index (χ1v) is 5.63. The van der Waals surface area contributed by atoms with Gasteiger partial charge in [-0.15, -0.1) is 12.3 Å². The lowest BCUT2D eigenvalue weighted by Gasteiger charge is -2.17. The third kappa shape index (κ3) is 3.37. The van der Waals surface area contributed by atoms with Crippen molar-refractivity contribution in [1.29, 1.82) is 0 Å². The van der Waals surface area contributed by atoms with E-state index >= 15 is 0 Å². The molecule has 0 spiro atoms. The van der Waals surface area contributed by atoms with Crippen molar-refractivity contribution in [2.75, 3.05) is 13.1 Å². The molecule has 0 bridgehead atoms. The molecular weight excluding hydrogens is 196 g/mol. The molecule has 1 aromatic carbocycles. The number of nitrogens with two attached hydrogens (primary N) is 1. The fraction of sp³-hybridized carbons (Fsp3) is 0.429. The van der Waals surface area contributed by atoms with Crippen LogP contribution in [0.2, 0.25) is 0 Å². The summed E-state index contributed by atoms with van der Waals surface area (Å²) in [5, 5.41) is 3.37. The first-order chi connectivity index (χ1) is 7.69. The maximum Gasteiger partial charge on any atom is 0.0444 e. The highest BCUT2D eigenvalue weighted by atomic mass is 14.9. The van der Waals surface area contributed by atoms with E-state index in [1.54, 1.807) is 0 Å². The van der Waals surface area contributed by atoms with E-state index in [2.05, 4.69) is 43.3 Å². The molecule has 1 aromatic rings. The topological polar surface area (TPSA) is 38.0 Å². The van der Waals surface area contributed by atoms with Crippen LogP contribution < -0.4 is 11.1 Å². The molecule has 0 saturated heterocycles. The number of rotatable bonds is 5. The number of benzene rings is 1. The Morgan fingerprint density at radius 3 is 2.69 bits per heavy atom. The molecule has 0 aromatic heterocycles. The fourth-order valence-electron chi connectivity index (χ4n) is 1.64. The quantitative estimate of drug-likeness (QED) is 0.583. The van der Waals surface area contributed by atoms with Crippen LogP contribution in [0.25, 0.3) is 0 Å². The molecule has 0 aliphatic rings. The summed E-state index contributed by atoms with van der Waals surface area (Å²) >= 11 is 0. The van der Waals surface area contributed by atoms with Gasteiger partial charge in [0, 0.05) is 25.6 Å². The van der Waals surface area contributed by atoms with E-state index in [-0.39, 0.29) is 6.04 Å². The fourth-order valence-corrected chi connectivity index (χ4v) is 1.64. The van der Waals surface area contributed by atoms with E-state index in [1.807, 2.05) is 0 Å². The maximum absolute atomic E-state index is 5.76. The van der Waals surface area contributed by atoms with Crippen molar-refractivity contribution in [2.45, 2.75) is 26.3 Å². The molecule has 0 aliphatic carbocycles. The number of terminal acetylenes is 1. The zero-order valence-corrected chi connectivity index (χ0v) is 10.1. The van der Waals surface area contributed by atoms with Gasteiger partial charge in [0.25, 0.3) is 0 Å². The SMILES string of the molecule is C#CCCNC(CN)c1ccc(C)c(C)c1. The standard InChI is InChI=1S/C14H20N2/c1-4-5-8-16-14(10-15)13-7-6-11(2)12(3)9-13/h1,6-7,9,14,16H,5,8,10,15H2,2-3H3. The molecule has 0 radical (unpaired) electrons. The normalized spacial score (nSPS) is 12.1. The van der Waals surface area contributed by atoms with Crippen LogP contribution >= 0.6 is 0 Å². The lowest BCUT2D eigenvalue weighted by atomic mass is 10.0. The van der Waals surface area contributed by atoms with E-state index in [0.717, 1.165) is 13.0 Å². The Bertz CT molecular complexity index is 377. The third-order valence-corrected chi connectivity index (χ3v) is 2.83. The van der Waals surface area contributed by atoms with E-state index in [9.17, 15) is 0 Å². The van der Waals surface area contributed by atoms with Gasteiger partial charge in [0.2, 0.25) is 0 Å². The van der Waals surface area contributed by atoms with Gasteiger partial charge in [0.1, 0.15) is 0 Å². The van der Waals surface area contributed by atoms with E-state index < -0.39 is 0 Å². The van der Waals surface area contributed by atoms with E-state index in [0.29, 0.717) is 6.54 Å². The van der Waals surface area contributed by atoms with Crippen LogP contribution in [0.1, 0.15) is 29.2 Å². The van der Waals surface area contributed by atoms with E-state index in [1.165, 1.54) is 16.7 Å². The Kier molecular flexibility index (Phi) is 5.04. The van der Waals surface area contributed by atoms with Crippen LogP contribution in [-0.2, 0) is 0 Å². The lowest BCUT2D eigenvalue weighted by Crippen LogP contribution is -2.28. The number of nitrogens with one attached hydrogen (secondary N) is 1. The molecule has 2 nitrogen and oxygen atoms in total. The van der Waals surface area contributed by atoms with Gasteiger partial charge in [0.05, 0.1) is 0 Å². The van der Waals surface area contributed by atoms with Gasteiger partial charge in [0.15, 0.2) is 0 Å². The molecule has 86 valence electrons. The van der Waals surface area contributed by atoms with Gasteiger partial charge in [-0.3, -0.25) is 0 Å². The van der Waals surface area contributed by atoms with Crippen LogP contribution in [0.3, 0.4) is 0 Å². The van der Waals surface area contributed by atoms with Gasteiger partial charge in [-0.25, -0.2) is 0 Å². The summed E-state index contributed by atoms with van der Waals surface area (Å²) in [4.78, 5) is 0. The smallest absolute Gasteiger partial charge is 0.0444 e. The highest BCUT2D eigenvalue weighted by Gasteiger charge is 2.08. The van der Waals surface area contributed by atoms with Gasteiger partial charge < -0.3 is 11.1 Å². The monoisotopic (exact) mass is 216 g/mol. The minimum atomic E-state index is 0.202. The third-order valence-electron chi connectivity index (χ3n) is 2.83. The molecule has 0 saturated carbocycles. The molecule has 0 fully saturated rings. The van der Waals surface area contributed by atoms with Gasteiger partial charge in [-0.05, 0) is 30.5 Å². The zero-order chi connectivity index (χ0) is 12.0. The first-order valence-electron chi connectivity index (χ1n) is 5.63. The van der Waals surface area contributed by atoms with Gasteiger partial charge in [-0.1, -0.05) is 18.2 Å². The first kappa shape index (κ1) is 12.8. The van der Waals surface area contributed by atoms with Crippen molar-refractivity contribution in [2.24, 2.45) is 5.73 Å². The average Bonchev–Trinajstić information content (AvgIpc) is 2.29. The van der Waals surface area contributed by atoms with Crippen molar-refractivity contribution in [3.8, 4) is 12.3 Å². The summed E-state index contributed by atoms with van der Waals surface area (Å²) in [5.74, 6) is 2.62. The highest BCUT2D eigenvalue weighted by molar-refractivity contribution is 5.31. The number of aryl methyl sites for hydroxylation is 2. The molecule has 1 unspecified atom stereocenters. The average molecular weight is 216 g/mol. The second-order valence-corrected chi connectivity index (χ2v) is 4.04. The Morgan fingerprint density at radius 2 is 2.12 bits per heavy atom. The molecule has 1 atom stereocenters. The van der Waals surface area contributed by atoms with Crippen molar-refractivity contribution >= 4 is 0 Å². The van der Waals surface area contributed by atoms with Gasteiger partial charge in [-0.2, -0.15) is 0 Å². The second kappa shape index (κ2) is 6.32. The number of hydrogen-bond donors (Lipinski definition) is 2. The second-order valence-electron chi connectivity index (χ2n) is 4.04. The van der Waals surface area contributed by atoms with E-state index in [4.69, 9.17) is 12.2 Å². The molecule has 16 heavy (non-hydrogen) atoms. The predicted molar refractivity (Wildman–Crippen MR) is 69.2 cm³/mol.